The molecule has 0 aliphatic heterocycles. The van der Waals surface area contributed by atoms with Crippen LogP contribution in [0.2, 0.25) is 0 Å². The van der Waals surface area contributed by atoms with Crippen molar-refractivity contribution in [1.29, 1.82) is 0 Å². The molecule has 1 unspecified atom stereocenters. The summed E-state index contributed by atoms with van der Waals surface area (Å²) in [5.41, 5.74) is 4.61. The highest BCUT2D eigenvalue weighted by atomic mass is 32.2. The van der Waals surface area contributed by atoms with Crippen molar-refractivity contribution in [3.63, 3.8) is 0 Å². The summed E-state index contributed by atoms with van der Waals surface area (Å²) in [6.45, 7) is 4.26. The molecule has 1 N–H and O–H groups in total. The maximum Gasteiger partial charge on any atom is 0.232 e. The topological polar surface area (TPSA) is 86.7 Å². The molecule has 3 aromatic heterocycles. The van der Waals surface area contributed by atoms with Crippen LogP contribution in [0.25, 0.3) is 11.5 Å². The van der Waals surface area contributed by atoms with Gasteiger partial charge in [-0.15, -0.1) is 0 Å². The summed E-state index contributed by atoms with van der Waals surface area (Å²) in [5, 5.41) is 11.8. The molecule has 0 spiro atoms. The van der Waals surface area contributed by atoms with E-state index in [1.165, 1.54) is 0 Å². The van der Waals surface area contributed by atoms with Gasteiger partial charge < -0.3 is 9.88 Å². The van der Waals surface area contributed by atoms with Crippen LogP contribution in [-0.4, -0.2) is 40.0 Å². The van der Waals surface area contributed by atoms with Gasteiger partial charge in [0.2, 0.25) is 5.91 Å². The zero-order chi connectivity index (χ0) is 22.7. The second kappa shape index (κ2) is 9.35. The fourth-order valence-corrected chi connectivity index (χ4v) is 4.72. The number of nitrogens with zero attached hydrogens (tertiary/aromatic N) is 5. The first-order chi connectivity index (χ1) is 15.4. The van der Waals surface area contributed by atoms with E-state index in [0.29, 0.717) is 6.54 Å². The Morgan fingerprint density at radius 3 is 2.47 bits per heavy atom. The summed E-state index contributed by atoms with van der Waals surface area (Å²) in [6, 6.07) is 13.6. The molecular weight excluding hydrogens is 424 g/mol. The lowest BCUT2D eigenvalue weighted by molar-refractivity contribution is -0.118. The third-order valence-corrected chi connectivity index (χ3v) is 6.61. The smallest absolute Gasteiger partial charge is 0.232 e. The van der Waals surface area contributed by atoms with E-state index in [2.05, 4.69) is 15.5 Å². The number of rotatable bonds is 8. The lowest BCUT2D eigenvalue weighted by atomic mass is 10.2. The number of carbonyl (C=O) groups is 1. The maximum absolute atomic E-state index is 12.8. The van der Waals surface area contributed by atoms with Gasteiger partial charge in [0.25, 0.3) is 0 Å². The minimum atomic E-state index is -1.38. The van der Waals surface area contributed by atoms with Crippen LogP contribution < -0.4 is 5.32 Å². The van der Waals surface area contributed by atoms with Gasteiger partial charge in [-0.3, -0.25) is 13.7 Å². The summed E-state index contributed by atoms with van der Waals surface area (Å²) in [6.07, 6.45) is 5.57. The Morgan fingerprint density at radius 1 is 1.09 bits per heavy atom. The SMILES string of the molecule is Cc1nn(C)c(C)c1CNC(=O)CS(=O)Cc1cnn(-c2ccccc2)c1-n1cccc1. The minimum absolute atomic E-state index is 0.0695. The normalized spacial score (nSPS) is 12.1. The van der Waals surface area contributed by atoms with Gasteiger partial charge >= 0.3 is 0 Å². The standard InChI is InChI=1S/C23H26N6O2S/c1-17-21(18(2)27(3)26-17)14-24-22(30)16-32(31)15-19-13-25-29(20-9-5-4-6-10-20)23(19)28-11-7-8-12-28/h4-13H,14-16H2,1-3H3,(H,24,30). The number of amides is 1. The van der Waals surface area contributed by atoms with Crippen molar-refractivity contribution < 1.29 is 9.00 Å². The van der Waals surface area contributed by atoms with Gasteiger partial charge in [-0.2, -0.15) is 10.2 Å². The van der Waals surface area contributed by atoms with Crippen LogP contribution in [0.1, 0.15) is 22.5 Å². The second-order valence-corrected chi connectivity index (χ2v) is 9.07. The number of nitrogens with one attached hydrogen (secondary N) is 1. The van der Waals surface area contributed by atoms with E-state index in [-0.39, 0.29) is 17.4 Å². The molecule has 4 aromatic rings. The molecule has 0 saturated heterocycles. The molecule has 4 rings (SSSR count). The molecule has 0 aliphatic carbocycles. The fourth-order valence-electron chi connectivity index (χ4n) is 3.67. The lowest BCUT2D eigenvalue weighted by Gasteiger charge is -2.11. The zero-order valence-corrected chi connectivity index (χ0v) is 19.2. The molecule has 9 heteroatoms. The van der Waals surface area contributed by atoms with Crippen LogP contribution in [-0.2, 0) is 34.9 Å². The van der Waals surface area contributed by atoms with Crippen molar-refractivity contribution in [1.82, 2.24) is 29.4 Å². The fraction of sp³-hybridized carbons (Fsp3) is 0.261. The monoisotopic (exact) mass is 450 g/mol. The number of benzene rings is 1. The van der Waals surface area contributed by atoms with Crippen LogP contribution in [0.15, 0.2) is 61.1 Å². The number of hydrogen-bond acceptors (Lipinski definition) is 4. The summed E-state index contributed by atoms with van der Waals surface area (Å²) in [4.78, 5) is 12.4. The Morgan fingerprint density at radius 2 is 1.81 bits per heavy atom. The van der Waals surface area contributed by atoms with Gasteiger partial charge in [-0.1, -0.05) is 18.2 Å². The highest BCUT2D eigenvalue weighted by Gasteiger charge is 2.18. The Bertz CT molecular complexity index is 1240. The van der Waals surface area contributed by atoms with Crippen LogP contribution in [0.4, 0.5) is 0 Å². The van der Waals surface area contributed by atoms with Gasteiger partial charge in [0, 0.05) is 53.6 Å². The zero-order valence-electron chi connectivity index (χ0n) is 18.4. The average Bonchev–Trinajstić information content (AvgIpc) is 3.48. The Balaban J connectivity index is 1.46. The van der Waals surface area contributed by atoms with Crippen molar-refractivity contribution in [2.45, 2.75) is 26.1 Å². The molecule has 3 heterocycles. The molecule has 0 radical (unpaired) electrons. The Hall–Kier alpha value is -3.46. The van der Waals surface area contributed by atoms with E-state index >= 15 is 0 Å². The number of para-hydroxylation sites is 1. The third-order valence-electron chi connectivity index (χ3n) is 5.40. The predicted molar refractivity (Wildman–Crippen MR) is 124 cm³/mol. The Labute approximate surface area is 189 Å². The molecule has 0 saturated carbocycles. The molecule has 0 bridgehead atoms. The average molecular weight is 451 g/mol. The van der Waals surface area contributed by atoms with E-state index in [1.807, 2.05) is 85.0 Å². The van der Waals surface area contributed by atoms with Crippen molar-refractivity contribution in [3.8, 4) is 11.5 Å². The van der Waals surface area contributed by atoms with Gasteiger partial charge in [0.05, 0.1) is 23.3 Å². The van der Waals surface area contributed by atoms with Crippen molar-refractivity contribution >= 4 is 16.7 Å². The van der Waals surface area contributed by atoms with Crippen LogP contribution in [0.5, 0.6) is 0 Å². The van der Waals surface area contributed by atoms with E-state index in [9.17, 15) is 9.00 Å². The highest BCUT2D eigenvalue weighted by molar-refractivity contribution is 7.84. The number of aryl methyl sites for hydroxylation is 2. The second-order valence-electron chi connectivity index (χ2n) is 7.61. The Kier molecular flexibility index (Phi) is 6.36. The number of aromatic nitrogens is 5. The number of hydrogen-bond donors (Lipinski definition) is 1. The van der Waals surface area contributed by atoms with Crippen molar-refractivity contribution in [2.24, 2.45) is 7.05 Å². The lowest BCUT2D eigenvalue weighted by Crippen LogP contribution is -2.28. The number of carbonyl (C=O) groups excluding carboxylic acids is 1. The molecule has 0 aliphatic rings. The summed E-state index contributed by atoms with van der Waals surface area (Å²) in [7, 11) is 0.497. The maximum atomic E-state index is 12.8. The molecule has 32 heavy (non-hydrogen) atoms. The van der Waals surface area contributed by atoms with Gasteiger partial charge in [-0.25, -0.2) is 4.68 Å². The first-order valence-corrected chi connectivity index (χ1v) is 11.8. The molecule has 1 aromatic carbocycles. The molecule has 1 amide bonds. The van der Waals surface area contributed by atoms with E-state index in [0.717, 1.165) is 34.0 Å². The van der Waals surface area contributed by atoms with Gasteiger partial charge in [-0.05, 0) is 38.1 Å². The quantitative estimate of drug-likeness (QED) is 0.447. The van der Waals surface area contributed by atoms with Gasteiger partial charge in [0.1, 0.15) is 11.6 Å². The predicted octanol–water partition coefficient (Wildman–Crippen LogP) is 2.58. The molecule has 166 valence electrons. The summed E-state index contributed by atoms with van der Waals surface area (Å²) in [5.74, 6) is 0.735. The van der Waals surface area contributed by atoms with E-state index in [4.69, 9.17) is 0 Å². The molecular formula is C23H26N6O2S. The first kappa shape index (κ1) is 21.8. The minimum Gasteiger partial charge on any atom is -0.351 e. The summed E-state index contributed by atoms with van der Waals surface area (Å²) >= 11 is 0. The summed E-state index contributed by atoms with van der Waals surface area (Å²) < 4.78 is 18.4. The van der Waals surface area contributed by atoms with Crippen molar-refractivity contribution in [3.05, 3.63) is 83.6 Å². The highest BCUT2D eigenvalue weighted by Crippen LogP contribution is 2.21. The van der Waals surface area contributed by atoms with E-state index in [1.54, 1.807) is 10.9 Å². The molecule has 1 atom stereocenters. The molecule has 0 fully saturated rings. The first-order valence-electron chi connectivity index (χ1n) is 10.3. The van der Waals surface area contributed by atoms with Crippen LogP contribution >= 0.6 is 0 Å². The third kappa shape index (κ3) is 4.57. The largest absolute Gasteiger partial charge is 0.351 e. The van der Waals surface area contributed by atoms with Crippen molar-refractivity contribution in [2.75, 3.05) is 5.75 Å². The van der Waals surface area contributed by atoms with E-state index < -0.39 is 10.8 Å². The van der Waals surface area contributed by atoms with Crippen LogP contribution in [0, 0.1) is 13.8 Å². The van der Waals surface area contributed by atoms with Gasteiger partial charge in [0.15, 0.2) is 0 Å². The molecule has 8 nitrogen and oxygen atoms in total. The van der Waals surface area contributed by atoms with Crippen LogP contribution in [0.3, 0.4) is 0 Å².